The molecule has 0 aromatic heterocycles. The topological polar surface area (TPSA) is 64.6 Å². The van der Waals surface area contributed by atoms with E-state index >= 15 is 0 Å². The second kappa shape index (κ2) is 6.91. The molecule has 5 nitrogen and oxygen atoms in total. The Morgan fingerprint density at radius 1 is 0.957 bits per heavy atom. The van der Waals surface area contributed by atoms with Crippen molar-refractivity contribution in [3.8, 4) is 11.5 Å². The van der Waals surface area contributed by atoms with Gasteiger partial charge in [0.1, 0.15) is 0 Å². The molecule has 0 aliphatic rings. The van der Waals surface area contributed by atoms with Crippen LogP contribution in [0.15, 0.2) is 36.4 Å². The van der Waals surface area contributed by atoms with Crippen LogP contribution in [0.2, 0.25) is 0 Å². The molecular formula is C17H21NO4S. The van der Waals surface area contributed by atoms with Gasteiger partial charge >= 0.3 is 0 Å². The third-order valence-corrected chi connectivity index (χ3v) is 4.72. The summed E-state index contributed by atoms with van der Waals surface area (Å²) in [6.07, 6.45) is 0. The summed E-state index contributed by atoms with van der Waals surface area (Å²) in [6.45, 7) is 3.77. The lowest BCUT2D eigenvalue weighted by molar-refractivity contribution is 0.355. The average molecular weight is 335 g/mol. The van der Waals surface area contributed by atoms with Crippen molar-refractivity contribution in [2.24, 2.45) is 0 Å². The molecule has 0 amide bonds. The van der Waals surface area contributed by atoms with Crippen LogP contribution in [0.3, 0.4) is 0 Å². The quantitative estimate of drug-likeness (QED) is 0.880. The molecule has 23 heavy (non-hydrogen) atoms. The third-order valence-electron chi connectivity index (χ3n) is 3.47. The highest BCUT2D eigenvalue weighted by Crippen LogP contribution is 2.33. The molecule has 0 radical (unpaired) electrons. The summed E-state index contributed by atoms with van der Waals surface area (Å²) in [7, 11) is -0.462. The van der Waals surface area contributed by atoms with Gasteiger partial charge in [-0.05, 0) is 31.0 Å². The SMILES string of the molecule is COc1cc(C)c(NS(=O)(=O)Cc2ccc(C)cc2)cc1OC. The molecule has 0 saturated heterocycles. The van der Waals surface area contributed by atoms with E-state index < -0.39 is 10.0 Å². The molecule has 0 aliphatic carbocycles. The number of hydrogen-bond donors (Lipinski definition) is 1. The van der Waals surface area contributed by atoms with Crippen molar-refractivity contribution in [3.63, 3.8) is 0 Å². The Bertz CT molecular complexity index is 783. The van der Waals surface area contributed by atoms with Gasteiger partial charge < -0.3 is 9.47 Å². The molecule has 0 aliphatic heterocycles. The van der Waals surface area contributed by atoms with Gasteiger partial charge in [-0.15, -0.1) is 0 Å². The predicted molar refractivity (Wildman–Crippen MR) is 91.7 cm³/mol. The second-order valence-electron chi connectivity index (χ2n) is 5.37. The van der Waals surface area contributed by atoms with Crippen LogP contribution in [-0.2, 0) is 15.8 Å². The van der Waals surface area contributed by atoms with Crippen molar-refractivity contribution in [2.75, 3.05) is 18.9 Å². The van der Waals surface area contributed by atoms with Gasteiger partial charge in [0.2, 0.25) is 10.0 Å². The van der Waals surface area contributed by atoms with Gasteiger partial charge in [-0.25, -0.2) is 8.42 Å². The number of sulfonamides is 1. The van der Waals surface area contributed by atoms with E-state index in [1.165, 1.54) is 7.11 Å². The molecule has 0 bridgehead atoms. The van der Waals surface area contributed by atoms with Crippen LogP contribution in [0.25, 0.3) is 0 Å². The molecule has 2 aromatic rings. The largest absolute Gasteiger partial charge is 0.493 e. The molecule has 0 saturated carbocycles. The van der Waals surface area contributed by atoms with Gasteiger partial charge in [0.15, 0.2) is 11.5 Å². The lowest BCUT2D eigenvalue weighted by atomic mass is 10.2. The highest BCUT2D eigenvalue weighted by molar-refractivity contribution is 7.91. The molecule has 6 heteroatoms. The molecule has 0 atom stereocenters. The van der Waals surface area contributed by atoms with E-state index in [-0.39, 0.29) is 5.75 Å². The first-order valence-corrected chi connectivity index (χ1v) is 8.78. The first-order chi connectivity index (χ1) is 10.8. The number of aryl methyl sites for hydroxylation is 2. The van der Waals surface area contributed by atoms with Crippen molar-refractivity contribution in [1.29, 1.82) is 0 Å². The minimum Gasteiger partial charge on any atom is -0.493 e. The van der Waals surface area contributed by atoms with Crippen LogP contribution >= 0.6 is 0 Å². The van der Waals surface area contributed by atoms with Crippen molar-refractivity contribution < 1.29 is 17.9 Å². The molecule has 0 spiro atoms. The lowest BCUT2D eigenvalue weighted by Gasteiger charge is -2.14. The first-order valence-electron chi connectivity index (χ1n) is 7.13. The summed E-state index contributed by atoms with van der Waals surface area (Å²) in [5.41, 5.74) is 3.07. The monoisotopic (exact) mass is 335 g/mol. The summed E-state index contributed by atoms with van der Waals surface area (Å²) in [4.78, 5) is 0. The number of benzene rings is 2. The Labute approximate surface area is 137 Å². The van der Waals surface area contributed by atoms with Gasteiger partial charge in [-0.3, -0.25) is 4.72 Å². The molecule has 0 fully saturated rings. The first kappa shape index (κ1) is 17.1. The maximum atomic E-state index is 12.4. The molecule has 1 N–H and O–H groups in total. The Morgan fingerprint density at radius 2 is 1.52 bits per heavy atom. The lowest BCUT2D eigenvalue weighted by Crippen LogP contribution is -2.16. The zero-order valence-electron chi connectivity index (χ0n) is 13.7. The Hall–Kier alpha value is -2.21. The van der Waals surface area contributed by atoms with Gasteiger partial charge in [0, 0.05) is 6.07 Å². The maximum absolute atomic E-state index is 12.4. The van der Waals surface area contributed by atoms with Gasteiger partial charge in [0.25, 0.3) is 0 Å². The molecule has 2 rings (SSSR count). The van der Waals surface area contributed by atoms with E-state index in [4.69, 9.17) is 9.47 Å². The summed E-state index contributed by atoms with van der Waals surface area (Å²) < 4.78 is 37.8. The van der Waals surface area contributed by atoms with Crippen LogP contribution in [0.1, 0.15) is 16.7 Å². The smallest absolute Gasteiger partial charge is 0.236 e. The molecular weight excluding hydrogens is 314 g/mol. The second-order valence-corrected chi connectivity index (χ2v) is 7.09. The summed E-state index contributed by atoms with van der Waals surface area (Å²) in [5.74, 6) is 0.957. The predicted octanol–water partition coefficient (Wildman–Crippen LogP) is 3.26. The van der Waals surface area contributed by atoms with E-state index in [0.29, 0.717) is 17.2 Å². The van der Waals surface area contributed by atoms with Crippen molar-refractivity contribution in [2.45, 2.75) is 19.6 Å². The number of methoxy groups -OCH3 is 2. The van der Waals surface area contributed by atoms with Gasteiger partial charge in [-0.2, -0.15) is 0 Å². The normalized spacial score (nSPS) is 11.1. The Morgan fingerprint density at radius 3 is 2.09 bits per heavy atom. The van der Waals surface area contributed by atoms with Gasteiger partial charge in [-0.1, -0.05) is 29.8 Å². The third kappa shape index (κ3) is 4.39. The van der Waals surface area contributed by atoms with E-state index in [2.05, 4.69) is 4.72 Å². The molecule has 0 unspecified atom stereocenters. The zero-order valence-corrected chi connectivity index (χ0v) is 14.5. The number of hydrogen-bond acceptors (Lipinski definition) is 4. The maximum Gasteiger partial charge on any atom is 0.236 e. The molecule has 124 valence electrons. The Balaban J connectivity index is 2.24. The van der Waals surface area contributed by atoms with Crippen LogP contribution in [0, 0.1) is 13.8 Å². The molecule has 2 aromatic carbocycles. The van der Waals surface area contributed by atoms with Crippen molar-refractivity contribution in [1.82, 2.24) is 0 Å². The molecule has 0 heterocycles. The fraction of sp³-hybridized carbons (Fsp3) is 0.294. The zero-order chi connectivity index (χ0) is 17.0. The average Bonchev–Trinajstić information content (AvgIpc) is 2.50. The standard InChI is InChI=1S/C17H21NO4S/c1-12-5-7-14(8-6-12)11-23(19,20)18-15-10-17(22-4)16(21-3)9-13(15)2/h5-10,18H,11H2,1-4H3. The highest BCUT2D eigenvalue weighted by atomic mass is 32.2. The minimum absolute atomic E-state index is 0.0823. The van der Waals surface area contributed by atoms with Gasteiger partial charge in [0.05, 0.1) is 25.7 Å². The number of anilines is 1. The summed E-state index contributed by atoms with van der Waals surface area (Å²) in [5, 5.41) is 0. The van der Waals surface area contributed by atoms with Crippen molar-refractivity contribution in [3.05, 3.63) is 53.1 Å². The minimum atomic E-state index is -3.51. The van der Waals surface area contributed by atoms with Crippen LogP contribution in [-0.4, -0.2) is 22.6 Å². The van der Waals surface area contributed by atoms with E-state index in [1.54, 1.807) is 19.2 Å². The van der Waals surface area contributed by atoms with Crippen LogP contribution in [0.5, 0.6) is 11.5 Å². The van der Waals surface area contributed by atoms with E-state index in [1.807, 2.05) is 38.1 Å². The number of ether oxygens (including phenoxy) is 2. The number of rotatable bonds is 6. The van der Waals surface area contributed by atoms with E-state index in [9.17, 15) is 8.42 Å². The highest BCUT2D eigenvalue weighted by Gasteiger charge is 2.15. The fourth-order valence-electron chi connectivity index (χ4n) is 2.20. The van der Waals surface area contributed by atoms with Crippen LogP contribution < -0.4 is 14.2 Å². The summed E-state index contributed by atoms with van der Waals surface area (Å²) in [6, 6.07) is 10.8. The van der Waals surface area contributed by atoms with E-state index in [0.717, 1.165) is 16.7 Å². The summed E-state index contributed by atoms with van der Waals surface area (Å²) >= 11 is 0. The van der Waals surface area contributed by atoms with Crippen molar-refractivity contribution >= 4 is 15.7 Å². The fourth-order valence-corrected chi connectivity index (χ4v) is 3.46. The Kier molecular flexibility index (Phi) is 5.15. The number of nitrogens with one attached hydrogen (secondary N) is 1. The van der Waals surface area contributed by atoms with Crippen LogP contribution in [0.4, 0.5) is 5.69 Å².